The van der Waals surface area contributed by atoms with E-state index < -0.39 is 0 Å². The molecule has 22 heavy (non-hydrogen) atoms. The molecule has 1 aromatic carbocycles. The van der Waals surface area contributed by atoms with Crippen molar-refractivity contribution < 1.29 is 9.26 Å². The predicted octanol–water partition coefficient (Wildman–Crippen LogP) is 3.21. The average Bonchev–Trinajstić information content (AvgIpc) is 3.14. The highest BCUT2D eigenvalue weighted by molar-refractivity contribution is 5.14. The number of nitrogens with zero attached hydrogens (tertiary/aromatic N) is 2. The van der Waals surface area contributed by atoms with Crippen LogP contribution in [0.5, 0.6) is 0 Å². The van der Waals surface area contributed by atoms with Crippen molar-refractivity contribution in [1.29, 1.82) is 0 Å². The number of ether oxygens (including phenoxy) is 1. The third-order valence-corrected chi connectivity index (χ3v) is 4.09. The third-order valence-electron chi connectivity index (χ3n) is 4.09. The summed E-state index contributed by atoms with van der Waals surface area (Å²) in [7, 11) is 0. The van der Waals surface area contributed by atoms with Gasteiger partial charge in [-0.05, 0) is 31.7 Å². The van der Waals surface area contributed by atoms with Crippen LogP contribution in [0.3, 0.4) is 0 Å². The zero-order valence-electron chi connectivity index (χ0n) is 13.2. The Labute approximate surface area is 132 Å². The van der Waals surface area contributed by atoms with Crippen molar-refractivity contribution in [2.75, 3.05) is 19.7 Å². The molecule has 1 aliphatic heterocycles. The fourth-order valence-electron chi connectivity index (χ4n) is 2.96. The van der Waals surface area contributed by atoms with Crippen molar-refractivity contribution in [2.45, 2.75) is 38.8 Å². The Kier molecular flexibility index (Phi) is 5.24. The molecule has 0 saturated carbocycles. The van der Waals surface area contributed by atoms with Crippen molar-refractivity contribution in [3.8, 4) is 0 Å². The van der Waals surface area contributed by atoms with Crippen molar-refractivity contribution in [1.82, 2.24) is 10.1 Å². The molecule has 0 spiro atoms. The Morgan fingerprint density at radius 1 is 1.32 bits per heavy atom. The van der Waals surface area contributed by atoms with Gasteiger partial charge in [0.05, 0.1) is 18.3 Å². The van der Waals surface area contributed by atoms with E-state index in [1.165, 1.54) is 5.56 Å². The molecule has 3 rings (SSSR count). The minimum Gasteiger partial charge on any atom is -0.377 e. The second kappa shape index (κ2) is 7.56. The summed E-state index contributed by atoms with van der Waals surface area (Å²) in [6.45, 7) is 5.70. The van der Waals surface area contributed by atoms with Crippen molar-refractivity contribution in [3.63, 3.8) is 0 Å². The molecule has 1 aliphatic rings. The van der Waals surface area contributed by atoms with E-state index in [1.54, 1.807) is 0 Å². The van der Waals surface area contributed by atoms with Crippen LogP contribution in [0.15, 0.2) is 40.9 Å². The maximum absolute atomic E-state index is 6.01. The molecule has 4 heteroatoms. The van der Waals surface area contributed by atoms with Crippen LogP contribution >= 0.6 is 0 Å². The van der Waals surface area contributed by atoms with Crippen LogP contribution in [-0.2, 0) is 17.7 Å². The molecule has 0 unspecified atom stereocenters. The van der Waals surface area contributed by atoms with Crippen LogP contribution in [0.2, 0.25) is 0 Å². The first-order valence-electron chi connectivity index (χ1n) is 8.10. The first-order valence-corrected chi connectivity index (χ1v) is 8.10. The van der Waals surface area contributed by atoms with E-state index >= 15 is 0 Å². The quantitative estimate of drug-likeness (QED) is 0.736. The molecular formula is C18H24N2O2. The van der Waals surface area contributed by atoms with Gasteiger partial charge in [0.2, 0.25) is 0 Å². The van der Waals surface area contributed by atoms with E-state index in [0.717, 1.165) is 57.0 Å². The molecule has 1 aromatic heterocycles. The predicted molar refractivity (Wildman–Crippen MR) is 85.6 cm³/mol. The number of rotatable bonds is 7. The Morgan fingerprint density at radius 3 is 2.95 bits per heavy atom. The van der Waals surface area contributed by atoms with Gasteiger partial charge in [-0.15, -0.1) is 0 Å². The molecule has 0 radical (unpaired) electrons. The van der Waals surface area contributed by atoms with Crippen molar-refractivity contribution >= 4 is 0 Å². The normalized spacial score (nSPS) is 18.9. The van der Waals surface area contributed by atoms with Gasteiger partial charge in [-0.1, -0.05) is 35.5 Å². The van der Waals surface area contributed by atoms with Crippen molar-refractivity contribution in [3.05, 3.63) is 53.4 Å². The zero-order valence-corrected chi connectivity index (χ0v) is 13.2. The Balaban J connectivity index is 1.33. The van der Waals surface area contributed by atoms with Gasteiger partial charge in [-0.3, -0.25) is 4.90 Å². The Hall–Kier alpha value is -1.65. The highest BCUT2D eigenvalue weighted by atomic mass is 16.5. The SMILES string of the molecule is Cc1cc(CN2CC[C@@H](OCCCc3ccccc3)C2)on1. The zero-order chi connectivity index (χ0) is 15.2. The summed E-state index contributed by atoms with van der Waals surface area (Å²) in [6, 6.07) is 12.6. The smallest absolute Gasteiger partial charge is 0.150 e. The highest BCUT2D eigenvalue weighted by Gasteiger charge is 2.23. The van der Waals surface area contributed by atoms with Gasteiger partial charge in [0.1, 0.15) is 0 Å². The lowest BCUT2D eigenvalue weighted by atomic mass is 10.1. The third kappa shape index (κ3) is 4.42. The summed E-state index contributed by atoms with van der Waals surface area (Å²) in [5.41, 5.74) is 2.34. The maximum Gasteiger partial charge on any atom is 0.150 e. The highest BCUT2D eigenvalue weighted by Crippen LogP contribution is 2.17. The molecule has 1 fully saturated rings. The van der Waals surface area contributed by atoms with Gasteiger partial charge in [-0.2, -0.15) is 0 Å². The summed E-state index contributed by atoms with van der Waals surface area (Å²) in [4.78, 5) is 2.38. The number of benzene rings is 1. The molecule has 0 N–H and O–H groups in total. The summed E-state index contributed by atoms with van der Waals surface area (Å²) in [5.74, 6) is 0.947. The fourth-order valence-corrected chi connectivity index (χ4v) is 2.96. The van der Waals surface area contributed by atoms with Gasteiger partial charge in [-0.25, -0.2) is 0 Å². The number of likely N-dealkylation sites (tertiary alicyclic amines) is 1. The van der Waals surface area contributed by atoms with Gasteiger partial charge in [0.15, 0.2) is 5.76 Å². The number of hydrogen-bond acceptors (Lipinski definition) is 4. The molecule has 1 atom stereocenters. The molecule has 2 aromatic rings. The summed E-state index contributed by atoms with van der Waals surface area (Å²) in [6.07, 6.45) is 3.65. The van der Waals surface area contributed by atoms with E-state index in [0.29, 0.717) is 6.10 Å². The summed E-state index contributed by atoms with van der Waals surface area (Å²) >= 11 is 0. The van der Waals surface area contributed by atoms with Gasteiger partial charge >= 0.3 is 0 Å². The second-order valence-electron chi connectivity index (χ2n) is 6.04. The fraction of sp³-hybridized carbons (Fsp3) is 0.500. The molecule has 4 nitrogen and oxygen atoms in total. The van der Waals surface area contributed by atoms with Crippen LogP contribution < -0.4 is 0 Å². The largest absolute Gasteiger partial charge is 0.377 e. The molecule has 0 amide bonds. The van der Waals surface area contributed by atoms with E-state index in [1.807, 2.05) is 13.0 Å². The van der Waals surface area contributed by atoms with Crippen LogP contribution in [0, 0.1) is 6.92 Å². The summed E-state index contributed by atoms with van der Waals surface area (Å²) < 4.78 is 11.3. The average molecular weight is 300 g/mol. The standard InChI is InChI=1S/C18H24N2O2/c1-15-12-18(22-19-15)14-20-10-9-17(13-20)21-11-5-8-16-6-3-2-4-7-16/h2-4,6-7,12,17H,5,8-11,13-14H2,1H3/t17-/m1/s1. The summed E-state index contributed by atoms with van der Waals surface area (Å²) in [5, 5.41) is 3.93. The Morgan fingerprint density at radius 2 is 2.18 bits per heavy atom. The van der Waals surface area contributed by atoms with Gasteiger partial charge in [0, 0.05) is 25.8 Å². The van der Waals surface area contributed by atoms with Crippen LogP contribution in [0.25, 0.3) is 0 Å². The van der Waals surface area contributed by atoms with E-state index in [9.17, 15) is 0 Å². The van der Waals surface area contributed by atoms with Gasteiger partial charge in [0.25, 0.3) is 0 Å². The number of aryl methyl sites for hydroxylation is 2. The Bertz CT molecular complexity index is 567. The maximum atomic E-state index is 6.01. The number of hydrogen-bond donors (Lipinski definition) is 0. The van der Waals surface area contributed by atoms with Crippen LogP contribution in [0.1, 0.15) is 29.9 Å². The lowest BCUT2D eigenvalue weighted by Gasteiger charge is -2.14. The van der Waals surface area contributed by atoms with E-state index in [-0.39, 0.29) is 0 Å². The first-order chi connectivity index (χ1) is 10.8. The molecule has 0 aliphatic carbocycles. The molecular weight excluding hydrogens is 276 g/mol. The minimum absolute atomic E-state index is 0.361. The second-order valence-corrected chi connectivity index (χ2v) is 6.04. The topological polar surface area (TPSA) is 38.5 Å². The first kappa shape index (κ1) is 15.3. The van der Waals surface area contributed by atoms with Crippen molar-refractivity contribution in [2.24, 2.45) is 0 Å². The monoisotopic (exact) mass is 300 g/mol. The van der Waals surface area contributed by atoms with E-state index in [2.05, 4.69) is 40.4 Å². The molecule has 2 heterocycles. The minimum atomic E-state index is 0.361. The molecule has 0 bridgehead atoms. The number of aromatic nitrogens is 1. The van der Waals surface area contributed by atoms with Crippen LogP contribution in [0.4, 0.5) is 0 Å². The lowest BCUT2D eigenvalue weighted by Crippen LogP contribution is -2.23. The van der Waals surface area contributed by atoms with Crippen LogP contribution in [-0.4, -0.2) is 35.9 Å². The van der Waals surface area contributed by atoms with E-state index in [4.69, 9.17) is 9.26 Å². The van der Waals surface area contributed by atoms with Gasteiger partial charge < -0.3 is 9.26 Å². The molecule has 118 valence electrons. The molecule has 1 saturated heterocycles. The lowest BCUT2D eigenvalue weighted by molar-refractivity contribution is 0.0564.